The summed E-state index contributed by atoms with van der Waals surface area (Å²) in [6, 6.07) is 100. The molecule has 0 saturated heterocycles. The molecule has 0 saturated carbocycles. The van der Waals surface area contributed by atoms with E-state index in [-0.39, 0.29) is 16.2 Å². The lowest BCUT2D eigenvalue weighted by Gasteiger charge is -2.25. The van der Waals surface area contributed by atoms with Gasteiger partial charge in [-0.15, -0.1) is 0 Å². The molecule has 15 rings (SSSR count). The molecule has 0 amide bonds. The Morgan fingerprint density at radius 2 is 0.383 bits per heavy atom. The summed E-state index contributed by atoms with van der Waals surface area (Å²) in [5.74, 6) is 0. The van der Waals surface area contributed by atoms with E-state index in [0.29, 0.717) is 0 Å². The summed E-state index contributed by atoms with van der Waals surface area (Å²) in [7, 11) is 0. The van der Waals surface area contributed by atoms with Crippen LogP contribution in [0.25, 0.3) is 122 Å². The van der Waals surface area contributed by atoms with Crippen LogP contribution in [0.3, 0.4) is 0 Å². The molecule has 0 heteroatoms. The average molecular weight is 1040 g/mol. The zero-order valence-corrected chi connectivity index (χ0v) is 46.9. The molecule has 0 aliphatic heterocycles. The van der Waals surface area contributed by atoms with E-state index >= 15 is 0 Å². The smallest absolute Gasteiger partial charge is 0.0159 e. The fourth-order valence-corrected chi connectivity index (χ4v) is 14.4. The van der Waals surface area contributed by atoms with Crippen molar-refractivity contribution in [2.24, 2.45) is 0 Å². The van der Waals surface area contributed by atoms with Crippen molar-refractivity contribution < 1.29 is 0 Å². The van der Waals surface area contributed by atoms with Crippen LogP contribution in [0, 0.1) is 0 Å². The summed E-state index contributed by atoms with van der Waals surface area (Å²) in [4.78, 5) is 0. The van der Waals surface area contributed by atoms with Crippen molar-refractivity contribution in [1.29, 1.82) is 0 Å². The summed E-state index contributed by atoms with van der Waals surface area (Å²) in [6.07, 6.45) is 0. The highest BCUT2D eigenvalue weighted by Crippen LogP contribution is 2.56. The summed E-state index contributed by atoms with van der Waals surface area (Å²) in [5.41, 5.74) is 35.6. The van der Waals surface area contributed by atoms with Crippen molar-refractivity contribution >= 4 is 0 Å². The zero-order chi connectivity index (χ0) is 54.8. The van der Waals surface area contributed by atoms with Gasteiger partial charge >= 0.3 is 0 Å². The SMILES string of the molecule is CC1(C)c2cc(-c3ccc4c(c3)C(C)(C)c3cc(-c5ccccc5-c5ccccc5)ccc3-4)ccc2-c2ccc(-c3ccc4c(c3)C(C)(C)c3cc(-c5c(-c6ccccc6)ccc(-c6ccccc6)c5-c5ccccc5)ccc3-4)cc21. The van der Waals surface area contributed by atoms with E-state index in [9.17, 15) is 0 Å². The number of hydrogen-bond acceptors (Lipinski definition) is 0. The van der Waals surface area contributed by atoms with Gasteiger partial charge in [0.15, 0.2) is 0 Å². The maximum atomic E-state index is 2.51. The fraction of sp³-hybridized carbons (Fsp3) is 0.111. The fourth-order valence-electron chi connectivity index (χ4n) is 14.4. The van der Waals surface area contributed by atoms with Crippen molar-refractivity contribution in [2.75, 3.05) is 0 Å². The quantitative estimate of drug-likeness (QED) is 0.142. The Kier molecular flexibility index (Phi) is 11.0. The summed E-state index contributed by atoms with van der Waals surface area (Å²) < 4.78 is 0. The number of fused-ring (bicyclic) bond motifs is 9. The second kappa shape index (κ2) is 18.3. The normalized spacial score (nSPS) is 14.3. The van der Waals surface area contributed by atoms with E-state index < -0.39 is 0 Å². The predicted octanol–water partition coefficient (Wildman–Crippen LogP) is 21.9. The minimum Gasteiger partial charge on any atom is -0.0622 e. The van der Waals surface area contributed by atoms with Gasteiger partial charge in [0.05, 0.1) is 0 Å². The molecular formula is C81H62. The summed E-state index contributed by atoms with van der Waals surface area (Å²) in [5, 5.41) is 0. The third-order valence-electron chi connectivity index (χ3n) is 18.7. The molecular weight excluding hydrogens is 973 g/mol. The van der Waals surface area contributed by atoms with Crippen molar-refractivity contribution in [2.45, 2.75) is 57.8 Å². The first kappa shape index (κ1) is 48.7. The highest BCUT2D eigenvalue weighted by atomic mass is 14.4. The number of rotatable bonds is 8. The Bertz CT molecular complexity index is 4490. The van der Waals surface area contributed by atoms with Crippen LogP contribution in [0.5, 0.6) is 0 Å². The van der Waals surface area contributed by atoms with Crippen LogP contribution in [0.15, 0.2) is 267 Å². The Morgan fingerprint density at radius 1 is 0.160 bits per heavy atom. The molecule has 0 heterocycles. The molecule has 12 aromatic rings. The van der Waals surface area contributed by atoms with Gasteiger partial charge in [-0.05, 0) is 192 Å². The highest BCUT2D eigenvalue weighted by Gasteiger charge is 2.40. The van der Waals surface area contributed by atoms with Gasteiger partial charge in [-0.1, -0.05) is 272 Å². The molecule has 3 aliphatic rings. The van der Waals surface area contributed by atoms with Crippen molar-refractivity contribution in [3.05, 3.63) is 300 Å². The van der Waals surface area contributed by atoms with Gasteiger partial charge in [-0.2, -0.15) is 0 Å². The van der Waals surface area contributed by atoms with E-state index in [1.54, 1.807) is 0 Å². The molecule has 12 aromatic carbocycles. The van der Waals surface area contributed by atoms with Crippen LogP contribution in [0.2, 0.25) is 0 Å². The molecule has 0 radical (unpaired) electrons. The van der Waals surface area contributed by atoms with E-state index in [0.717, 1.165) is 0 Å². The van der Waals surface area contributed by atoms with E-state index in [2.05, 4.69) is 308 Å². The van der Waals surface area contributed by atoms with Gasteiger partial charge in [0.1, 0.15) is 0 Å². The maximum Gasteiger partial charge on any atom is 0.0159 e. The molecule has 386 valence electrons. The third kappa shape index (κ3) is 7.65. The lowest BCUT2D eigenvalue weighted by molar-refractivity contribution is 0.659. The van der Waals surface area contributed by atoms with E-state index in [4.69, 9.17) is 0 Å². The minimum atomic E-state index is -0.233. The van der Waals surface area contributed by atoms with Gasteiger partial charge in [-0.25, -0.2) is 0 Å². The van der Waals surface area contributed by atoms with Crippen LogP contribution in [-0.4, -0.2) is 0 Å². The molecule has 0 atom stereocenters. The Labute approximate surface area is 477 Å². The molecule has 0 bridgehead atoms. The summed E-state index contributed by atoms with van der Waals surface area (Å²) >= 11 is 0. The highest BCUT2D eigenvalue weighted by molar-refractivity contribution is 6.03. The van der Waals surface area contributed by atoms with Gasteiger partial charge in [0, 0.05) is 16.2 Å². The van der Waals surface area contributed by atoms with E-state index in [1.165, 1.54) is 156 Å². The van der Waals surface area contributed by atoms with Gasteiger partial charge in [0.25, 0.3) is 0 Å². The first-order valence-corrected chi connectivity index (χ1v) is 28.8. The Hall–Kier alpha value is -9.36. The average Bonchev–Trinajstić information content (AvgIpc) is 3.00. The molecule has 0 nitrogen and oxygen atoms in total. The van der Waals surface area contributed by atoms with Crippen molar-refractivity contribution in [3.8, 4) is 122 Å². The zero-order valence-electron chi connectivity index (χ0n) is 46.9. The van der Waals surface area contributed by atoms with Crippen LogP contribution >= 0.6 is 0 Å². The first-order chi connectivity index (χ1) is 39.4. The molecule has 81 heavy (non-hydrogen) atoms. The van der Waals surface area contributed by atoms with Crippen LogP contribution in [0.4, 0.5) is 0 Å². The van der Waals surface area contributed by atoms with Gasteiger partial charge < -0.3 is 0 Å². The Balaban J connectivity index is 0.749. The monoisotopic (exact) mass is 1030 g/mol. The first-order valence-electron chi connectivity index (χ1n) is 28.8. The van der Waals surface area contributed by atoms with Crippen molar-refractivity contribution in [1.82, 2.24) is 0 Å². The standard InChI is InChI=1S/C81H62/c1-79(2)71-45-55(57-33-39-67-69-41-35-59(49-75(69)80(3,4)73(67)47-57)62-30-20-19-29-61(62)51-21-11-7-12-22-51)31-37-65(71)66-38-32-56(46-72(66)79)58-34-40-68-70-42-36-60(50-76(70)81(5,6)74(68)48-58)78-64(53-25-15-9-16-26-53)44-43-63(52-23-13-8-14-24-52)77(78)54-27-17-10-18-28-54/h7-50H,1-6H3. The lowest BCUT2D eigenvalue weighted by Crippen LogP contribution is -2.16. The van der Waals surface area contributed by atoms with Gasteiger partial charge in [0.2, 0.25) is 0 Å². The predicted molar refractivity (Wildman–Crippen MR) is 343 cm³/mol. The number of benzene rings is 12. The third-order valence-corrected chi connectivity index (χ3v) is 18.7. The molecule has 0 aromatic heterocycles. The van der Waals surface area contributed by atoms with Gasteiger partial charge in [-0.3, -0.25) is 0 Å². The Morgan fingerprint density at radius 3 is 0.728 bits per heavy atom. The molecule has 0 spiro atoms. The molecule has 0 N–H and O–H groups in total. The van der Waals surface area contributed by atoms with Crippen LogP contribution < -0.4 is 0 Å². The molecule has 0 unspecified atom stereocenters. The van der Waals surface area contributed by atoms with Crippen LogP contribution in [0.1, 0.15) is 74.9 Å². The van der Waals surface area contributed by atoms with E-state index in [1.807, 2.05) is 0 Å². The van der Waals surface area contributed by atoms with Crippen molar-refractivity contribution in [3.63, 3.8) is 0 Å². The second-order valence-electron chi connectivity index (χ2n) is 24.4. The number of hydrogen-bond donors (Lipinski definition) is 0. The molecule has 3 aliphatic carbocycles. The maximum absolute atomic E-state index is 2.51. The second-order valence-corrected chi connectivity index (χ2v) is 24.4. The topological polar surface area (TPSA) is 0 Å². The lowest BCUT2D eigenvalue weighted by atomic mass is 9.78. The summed E-state index contributed by atoms with van der Waals surface area (Å²) in [6.45, 7) is 14.5. The van der Waals surface area contributed by atoms with Crippen LogP contribution in [-0.2, 0) is 16.2 Å². The largest absolute Gasteiger partial charge is 0.0622 e. The minimum absolute atomic E-state index is 0.159. The molecule has 0 fully saturated rings.